The summed E-state index contributed by atoms with van der Waals surface area (Å²) in [5.74, 6) is 1.01. The molecule has 0 radical (unpaired) electrons. The van der Waals surface area contributed by atoms with E-state index in [0.717, 1.165) is 55.9 Å². The first-order valence-corrected chi connectivity index (χ1v) is 13.2. The van der Waals surface area contributed by atoms with Crippen LogP contribution >= 0.6 is 0 Å². The van der Waals surface area contributed by atoms with Gasteiger partial charge in [-0.15, -0.1) is 29.3 Å². The number of anilines is 3. The van der Waals surface area contributed by atoms with Gasteiger partial charge in [0.15, 0.2) is 0 Å². The van der Waals surface area contributed by atoms with Gasteiger partial charge in [0.25, 0.3) is 0 Å². The molecule has 0 amide bonds. The van der Waals surface area contributed by atoms with Crippen molar-refractivity contribution in [2.45, 2.75) is 6.92 Å². The summed E-state index contributed by atoms with van der Waals surface area (Å²) >= 11 is 0. The van der Waals surface area contributed by atoms with Crippen molar-refractivity contribution >= 4 is 39.1 Å². The maximum Gasteiger partial charge on any atom is 0.139 e. The maximum absolute atomic E-state index is 10.8. The van der Waals surface area contributed by atoms with Gasteiger partial charge < -0.3 is 10.0 Å². The molecule has 0 saturated heterocycles. The third-order valence-corrected chi connectivity index (χ3v) is 7.05. The second-order valence-corrected chi connectivity index (χ2v) is 9.72. The summed E-state index contributed by atoms with van der Waals surface area (Å²) in [7, 11) is 0. The summed E-state index contributed by atoms with van der Waals surface area (Å²) in [6.07, 6.45) is 1.80. The zero-order valence-corrected chi connectivity index (χ0v) is 24.4. The molecule has 5 nitrogen and oxygen atoms in total. The molecule has 3 aromatic heterocycles. The Kier molecular flexibility index (Phi) is 7.13. The van der Waals surface area contributed by atoms with E-state index in [1.165, 1.54) is 0 Å². The molecule has 0 aliphatic rings. The Balaban J connectivity index is 0.00000302. The van der Waals surface area contributed by atoms with Crippen LogP contribution in [0.1, 0.15) is 5.56 Å². The average Bonchev–Trinajstić information content (AvgIpc) is 3.32. The Bertz CT molecular complexity index is 1950. The number of phenolic OH excluding ortho intramolecular Hbond substituents is 1. The molecular weight excluding hydrogens is 687 g/mol. The first-order chi connectivity index (χ1) is 19.7. The van der Waals surface area contributed by atoms with Crippen LogP contribution in [0.4, 0.5) is 17.2 Å². The standard InChI is InChI=1S/C35H25N4O.Pt/c1-24-21-25(23-27(22-24)38(26-11-3-2-4-12-26)34-17-9-10-20-36-34)30-19-18-29-28-13-5-6-14-31(28)39(35(29)37-30)32-15-7-8-16-33(32)40;/h2-22,40H,1H3;/q-1;. The van der Waals surface area contributed by atoms with Gasteiger partial charge in [-0.05, 0) is 53.8 Å². The van der Waals surface area contributed by atoms with Crippen LogP contribution in [0.25, 0.3) is 38.9 Å². The van der Waals surface area contributed by atoms with Crippen molar-refractivity contribution in [2.24, 2.45) is 0 Å². The zero-order chi connectivity index (χ0) is 27.1. The fraction of sp³-hybridized carbons (Fsp3) is 0.0286. The smallest absolute Gasteiger partial charge is 0.139 e. The zero-order valence-electron chi connectivity index (χ0n) is 22.2. The Hall–Kier alpha value is -4.73. The van der Waals surface area contributed by atoms with Crippen LogP contribution in [-0.4, -0.2) is 19.6 Å². The van der Waals surface area contributed by atoms with Crippen LogP contribution in [0.5, 0.6) is 5.75 Å². The number of benzene rings is 4. The predicted molar refractivity (Wildman–Crippen MR) is 162 cm³/mol. The van der Waals surface area contributed by atoms with E-state index in [1.807, 2.05) is 77.4 Å². The molecule has 0 atom stereocenters. The molecule has 6 heteroatoms. The summed E-state index contributed by atoms with van der Waals surface area (Å²) in [6, 6.07) is 43.7. The number of hydrogen-bond acceptors (Lipinski definition) is 4. The topological polar surface area (TPSA) is 54.2 Å². The number of pyridine rings is 2. The second-order valence-electron chi connectivity index (χ2n) is 9.72. The normalized spacial score (nSPS) is 11.0. The largest absolute Gasteiger partial charge is 0.506 e. The van der Waals surface area contributed by atoms with Crippen molar-refractivity contribution < 1.29 is 26.2 Å². The van der Waals surface area contributed by atoms with Crippen molar-refractivity contribution in [1.29, 1.82) is 0 Å². The Morgan fingerprint density at radius 2 is 1.51 bits per heavy atom. The van der Waals surface area contributed by atoms with E-state index >= 15 is 0 Å². The number of rotatable bonds is 5. The SMILES string of the molecule is Cc1cc(-c2ccc3c4ccccc4n(-c4ccccc4O)c3n2)[c-]c(N(c2ccccc2)c2ccccn2)c1.[Pt]. The number of nitrogens with zero attached hydrogens (tertiary/aromatic N) is 4. The third-order valence-electron chi connectivity index (χ3n) is 7.05. The molecule has 41 heavy (non-hydrogen) atoms. The minimum atomic E-state index is 0. The molecule has 7 rings (SSSR count). The number of phenols is 1. The molecule has 0 bridgehead atoms. The van der Waals surface area contributed by atoms with Crippen LogP contribution in [0.15, 0.2) is 128 Å². The van der Waals surface area contributed by atoms with Gasteiger partial charge in [-0.25, -0.2) is 4.98 Å². The van der Waals surface area contributed by atoms with Gasteiger partial charge in [-0.3, -0.25) is 9.55 Å². The summed E-state index contributed by atoms with van der Waals surface area (Å²) in [5.41, 5.74) is 7.10. The van der Waals surface area contributed by atoms with Crippen LogP contribution in [0, 0.1) is 13.0 Å². The second kappa shape index (κ2) is 11.0. The molecule has 0 saturated carbocycles. The summed E-state index contributed by atoms with van der Waals surface area (Å²) < 4.78 is 2.03. The van der Waals surface area contributed by atoms with Crippen molar-refractivity contribution in [3.8, 4) is 22.7 Å². The Labute approximate surface area is 252 Å². The van der Waals surface area contributed by atoms with Crippen LogP contribution < -0.4 is 4.90 Å². The number of aromatic hydroxyl groups is 1. The van der Waals surface area contributed by atoms with Crippen LogP contribution in [-0.2, 0) is 21.1 Å². The summed E-state index contributed by atoms with van der Waals surface area (Å²) in [6.45, 7) is 2.08. The third kappa shape index (κ3) is 4.79. The molecule has 3 heterocycles. The Morgan fingerprint density at radius 1 is 0.756 bits per heavy atom. The molecule has 0 fully saturated rings. The fourth-order valence-electron chi connectivity index (χ4n) is 5.30. The first-order valence-electron chi connectivity index (χ1n) is 13.2. The first kappa shape index (κ1) is 26.5. The molecule has 1 N–H and O–H groups in total. The Morgan fingerprint density at radius 3 is 2.32 bits per heavy atom. The number of para-hydroxylation sites is 4. The van der Waals surface area contributed by atoms with Gasteiger partial charge in [0, 0.05) is 43.7 Å². The van der Waals surface area contributed by atoms with Crippen LogP contribution in [0.2, 0.25) is 0 Å². The number of aryl methyl sites for hydroxylation is 1. The van der Waals surface area contributed by atoms with Crippen molar-refractivity contribution in [3.05, 3.63) is 139 Å². The molecule has 0 aliphatic carbocycles. The van der Waals surface area contributed by atoms with Crippen LogP contribution in [0.3, 0.4) is 0 Å². The molecule has 202 valence electrons. The van der Waals surface area contributed by atoms with E-state index in [2.05, 4.69) is 65.3 Å². The van der Waals surface area contributed by atoms with E-state index in [-0.39, 0.29) is 26.8 Å². The van der Waals surface area contributed by atoms with Crippen molar-refractivity contribution in [2.75, 3.05) is 4.90 Å². The van der Waals surface area contributed by atoms with E-state index in [0.29, 0.717) is 5.69 Å². The number of aromatic nitrogens is 3. The van der Waals surface area contributed by atoms with Gasteiger partial charge in [-0.2, -0.15) is 0 Å². The minimum Gasteiger partial charge on any atom is -0.506 e. The van der Waals surface area contributed by atoms with Gasteiger partial charge >= 0.3 is 0 Å². The van der Waals surface area contributed by atoms with E-state index in [9.17, 15) is 5.11 Å². The van der Waals surface area contributed by atoms with Gasteiger partial charge in [-0.1, -0.05) is 73.7 Å². The van der Waals surface area contributed by atoms with E-state index < -0.39 is 0 Å². The van der Waals surface area contributed by atoms with Gasteiger partial charge in [0.05, 0.1) is 11.2 Å². The molecular formula is C35H25N4OPt-. The van der Waals surface area contributed by atoms with Gasteiger partial charge in [0.2, 0.25) is 0 Å². The molecule has 4 aromatic carbocycles. The monoisotopic (exact) mass is 712 g/mol. The molecule has 0 spiro atoms. The van der Waals surface area contributed by atoms with Crippen molar-refractivity contribution in [1.82, 2.24) is 14.5 Å². The minimum absolute atomic E-state index is 0. The van der Waals surface area contributed by atoms with Crippen molar-refractivity contribution in [3.63, 3.8) is 0 Å². The summed E-state index contributed by atoms with van der Waals surface area (Å²) in [5, 5.41) is 12.9. The van der Waals surface area contributed by atoms with E-state index in [4.69, 9.17) is 4.98 Å². The van der Waals surface area contributed by atoms with E-state index in [1.54, 1.807) is 12.3 Å². The number of fused-ring (bicyclic) bond motifs is 3. The molecule has 7 aromatic rings. The molecule has 0 aliphatic heterocycles. The maximum atomic E-state index is 10.8. The average molecular weight is 713 g/mol. The molecule has 0 unspecified atom stereocenters. The summed E-state index contributed by atoms with van der Waals surface area (Å²) in [4.78, 5) is 11.9. The number of hydrogen-bond donors (Lipinski definition) is 1. The van der Waals surface area contributed by atoms with Gasteiger partial charge in [0.1, 0.15) is 17.2 Å². The predicted octanol–water partition coefficient (Wildman–Crippen LogP) is 8.52. The quantitative estimate of drug-likeness (QED) is 0.182. The fourth-order valence-corrected chi connectivity index (χ4v) is 5.30.